The number of methoxy groups -OCH3 is 1. The number of carbonyl (C=O) groups is 1. The number of hydrogen-bond donors (Lipinski definition) is 1. The van der Waals surface area contributed by atoms with Crippen LogP contribution in [0.4, 0.5) is 0 Å². The van der Waals surface area contributed by atoms with E-state index in [0.29, 0.717) is 17.2 Å². The van der Waals surface area contributed by atoms with E-state index in [0.717, 1.165) is 5.56 Å². The van der Waals surface area contributed by atoms with Gasteiger partial charge in [0.2, 0.25) is 0 Å². The first-order valence-corrected chi connectivity index (χ1v) is 8.36. The van der Waals surface area contributed by atoms with Gasteiger partial charge in [-0.2, -0.15) is 0 Å². The zero-order chi connectivity index (χ0) is 17.5. The SMILES string of the molecule is COc1ccc(C)cc1C(=O)NC1C(c2ccc(C)cc2)C1(C)C. The van der Waals surface area contributed by atoms with E-state index in [4.69, 9.17) is 4.74 Å². The molecule has 24 heavy (non-hydrogen) atoms. The summed E-state index contributed by atoms with van der Waals surface area (Å²) in [5.41, 5.74) is 4.24. The molecule has 2 aromatic carbocycles. The maximum Gasteiger partial charge on any atom is 0.255 e. The molecule has 3 heteroatoms. The van der Waals surface area contributed by atoms with Crippen LogP contribution in [0.25, 0.3) is 0 Å². The molecule has 2 aromatic rings. The van der Waals surface area contributed by atoms with Crippen molar-refractivity contribution in [3.05, 3.63) is 64.7 Å². The third-order valence-electron chi connectivity index (χ3n) is 5.15. The highest BCUT2D eigenvalue weighted by molar-refractivity contribution is 5.97. The highest BCUT2D eigenvalue weighted by Crippen LogP contribution is 2.58. The number of rotatable bonds is 4. The van der Waals surface area contributed by atoms with Gasteiger partial charge in [0, 0.05) is 12.0 Å². The highest BCUT2D eigenvalue weighted by Gasteiger charge is 2.59. The van der Waals surface area contributed by atoms with E-state index in [1.807, 2.05) is 25.1 Å². The molecule has 2 unspecified atom stereocenters. The molecule has 1 fully saturated rings. The molecule has 0 aliphatic heterocycles. The lowest BCUT2D eigenvalue weighted by atomic mass is 10.0. The Balaban J connectivity index is 1.80. The number of benzene rings is 2. The molecule has 1 N–H and O–H groups in total. The number of ether oxygens (including phenoxy) is 1. The minimum absolute atomic E-state index is 0.0575. The minimum atomic E-state index is -0.0664. The van der Waals surface area contributed by atoms with Gasteiger partial charge in [0.15, 0.2) is 0 Å². The van der Waals surface area contributed by atoms with Crippen LogP contribution in [-0.2, 0) is 0 Å². The molecule has 2 atom stereocenters. The third kappa shape index (κ3) is 2.91. The van der Waals surface area contributed by atoms with Gasteiger partial charge < -0.3 is 10.1 Å². The predicted octanol–water partition coefficient (Wildman–Crippen LogP) is 4.23. The lowest BCUT2D eigenvalue weighted by molar-refractivity contribution is 0.0943. The summed E-state index contributed by atoms with van der Waals surface area (Å²) in [7, 11) is 1.59. The summed E-state index contributed by atoms with van der Waals surface area (Å²) in [6, 6.07) is 14.4. The lowest BCUT2D eigenvalue weighted by Gasteiger charge is -2.11. The Morgan fingerprint density at radius 1 is 1.04 bits per heavy atom. The highest BCUT2D eigenvalue weighted by atomic mass is 16.5. The van der Waals surface area contributed by atoms with Crippen molar-refractivity contribution in [3.63, 3.8) is 0 Å². The van der Waals surface area contributed by atoms with Crippen LogP contribution in [0.5, 0.6) is 5.75 Å². The maximum atomic E-state index is 12.8. The molecule has 1 aliphatic rings. The summed E-state index contributed by atoms with van der Waals surface area (Å²) in [5.74, 6) is 0.893. The minimum Gasteiger partial charge on any atom is -0.496 e. The van der Waals surface area contributed by atoms with Crippen molar-refractivity contribution in [2.24, 2.45) is 5.41 Å². The quantitative estimate of drug-likeness (QED) is 0.914. The Morgan fingerprint density at radius 2 is 1.67 bits per heavy atom. The second kappa shape index (κ2) is 5.97. The molecular formula is C21H25NO2. The van der Waals surface area contributed by atoms with Gasteiger partial charge in [-0.3, -0.25) is 4.79 Å². The van der Waals surface area contributed by atoms with Crippen molar-refractivity contribution < 1.29 is 9.53 Å². The van der Waals surface area contributed by atoms with E-state index in [2.05, 4.69) is 50.4 Å². The average Bonchev–Trinajstić information content (AvgIpc) is 3.08. The fourth-order valence-electron chi connectivity index (χ4n) is 3.52. The Kier molecular flexibility index (Phi) is 4.12. The van der Waals surface area contributed by atoms with E-state index in [-0.39, 0.29) is 17.4 Å². The smallest absolute Gasteiger partial charge is 0.255 e. The summed E-state index contributed by atoms with van der Waals surface area (Å²) in [6.45, 7) is 8.48. The molecule has 0 saturated heterocycles. The van der Waals surface area contributed by atoms with Gasteiger partial charge >= 0.3 is 0 Å². The van der Waals surface area contributed by atoms with Crippen LogP contribution in [0.2, 0.25) is 0 Å². The summed E-state index contributed by atoms with van der Waals surface area (Å²) < 4.78 is 5.34. The molecule has 0 bridgehead atoms. The van der Waals surface area contributed by atoms with Gasteiger partial charge in [0.1, 0.15) is 5.75 Å². The van der Waals surface area contributed by atoms with Crippen LogP contribution in [0.15, 0.2) is 42.5 Å². The Bertz CT molecular complexity index is 762. The fraction of sp³-hybridized carbons (Fsp3) is 0.381. The summed E-state index contributed by atoms with van der Waals surface area (Å²) in [5, 5.41) is 3.21. The van der Waals surface area contributed by atoms with Crippen LogP contribution >= 0.6 is 0 Å². The normalized spacial score (nSPS) is 21.2. The van der Waals surface area contributed by atoms with E-state index >= 15 is 0 Å². The van der Waals surface area contributed by atoms with E-state index < -0.39 is 0 Å². The summed E-state index contributed by atoms with van der Waals surface area (Å²) in [6.07, 6.45) is 0. The van der Waals surface area contributed by atoms with Crippen molar-refractivity contribution >= 4 is 5.91 Å². The molecule has 0 radical (unpaired) electrons. The molecular weight excluding hydrogens is 298 g/mol. The van der Waals surface area contributed by atoms with Gasteiger partial charge in [-0.25, -0.2) is 0 Å². The van der Waals surface area contributed by atoms with E-state index in [1.54, 1.807) is 7.11 Å². The first-order valence-electron chi connectivity index (χ1n) is 8.36. The van der Waals surface area contributed by atoms with Crippen LogP contribution < -0.4 is 10.1 Å². The predicted molar refractivity (Wildman–Crippen MR) is 96.7 cm³/mol. The van der Waals surface area contributed by atoms with Crippen LogP contribution in [0.3, 0.4) is 0 Å². The van der Waals surface area contributed by atoms with Gasteiger partial charge in [0.05, 0.1) is 12.7 Å². The first-order chi connectivity index (χ1) is 11.3. The Hall–Kier alpha value is -2.29. The monoisotopic (exact) mass is 323 g/mol. The third-order valence-corrected chi connectivity index (χ3v) is 5.15. The average molecular weight is 323 g/mol. The van der Waals surface area contributed by atoms with Crippen LogP contribution in [-0.4, -0.2) is 19.1 Å². The van der Waals surface area contributed by atoms with Crippen molar-refractivity contribution in [1.29, 1.82) is 0 Å². The number of carbonyl (C=O) groups excluding carboxylic acids is 1. The van der Waals surface area contributed by atoms with Gasteiger partial charge in [-0.05, 0) is 37.0 Å². The zero-order valence-corrected chi connectivity index (χ0v) is 15.0. The molecule has 0 spiro atoms. The van der Waals surface area contributed by atoms with Gasteiger partial charge in [-0.1, -0.05) is 55.3 Å². The molecule has 126 valence electrons. The van der Waals surface area contributed by atoms with Gasteiger partial charge in [0.25, 0.3) is 5.91 Å². The first kappa shape index (κ1) is 16.6. The number of aryl methyl sites for hydroxylation is 2. The van der Waals surface area contributed by atoms with Crippen molar-refractivity contribution in [2.45, 2.75) is 39.7 Å². The molecule has 1 aliphatic carbocycles. The molecule has 0 aromatic heterocycles. The number of amides is 1. The second-order valence-electron chi connectivity index (χ2n) is 7.36. The van der Waals surface area contributed by atoms with Crippen molar-refractivity contribution in [2.75, 3.05) is 7.11 Å². The zero-order valence-electron chi connectivity index (χ0n) is 15.0. The molecule has 3 rings (SSSR count). The molecule has 0 heterocycles. The fourth-order valence-corrected chi connectivity index (χ4v) is 3.52. The largest absolute Gasteiger partial charge is 0.496 e. The Labute approximate surface area is 144 Å². The molecule has 1 amide bonds. The number of nitrogens with one attached hydrogen (secondary N) is 1. The molecule has 1 saturated carbocycles. The number of hydrogen-bond acceptors (Lipinski definition) is 2. The summed E-state index contributed by atoms with van der Waals surface area (Å²) >= 11 is 0. The Morgan fingerprint density at radius 3 is 2.29 bits per heavy atom. The van der Waals surface area contributed by atoms with Crippen molar-refractivity contribution in [1.82, 2.24) is 5.32 Å². The second-order valence-corrected chi connectivity index (χ2v) is 7.36. The maximum absolute atomic E-state index is 12.8. The van der Waals surface area contributed by atoms with Crippen LogP contribution in [0.1, 0.15) is 46.8 Å². The van der Waals surface area contributed by atoms with E-state index in [9.17, 15) is 4.79 Å². The standard InChI is InChI=1S/C21H25NO2/c1-13-6-9-15(10-7-13)18-19(21(18,3)4)22-20(23)16-12-14(2)8-11-17(16)24-5/h6-12,18-19H,1-5H3,(H,22,23). The molecule has 3 nitrogen and oxygen atoms in total. The topological polar surface area (TPSA) is 38.3 Å². The van der Waals surface area contributed by atoms with E-state index in [1.165, 1.54) is 11.1 Å². The van der Waals surface area contributed by atoms with Gasteiger partial charge in [-0.15, -0.1) is 0 Å². The van der Waals surface area contributed by atoms with Crippen molar-refractivity contribution in [3.8, 4) is 5.75 Å². The van der Waals surface area contributed by atoms with Crippen LogP contribution in [0, 0.1) is 19.3 Å². The summed E-state index contributed by atoms with van der Waals surface area (Å²) in [4.78, 5) is 12.8. The lowest BCUT2D eigenvalue weighted by Crippen LogP contribution is -2.29.